The van der Waals surface area contributed by atoms with Gasteiger partial charge in [0.05, 0.1) is 25.9 Å². The number of nitrogens with one attached hydrogen (secondary N) is 2. The summed E-state index contributed by atoms with van der Waals surface area (Å²) < 4.78 is 17.7. The molecule has 1 aliphatic rings. The van der Waals surface area contributed by atoms with Gasteiger partial charge in [-0.3, -0.25) is 15.0 Å². The predicted molar refractivity (Wildman–Crippen MR) is 173 cm³/mol. The second-order valence-corrected chi connectivity index (χ2v) is 12.0. The Labute approximate surface area is 269 Å². The number of carbonyl (C=O) groups excluding carboxylic acids is 2. The maximum Gasteiger partial charge on any atom is 0.306 e. The van der Waals surface area contributed by atoms with Gasteiger partial charge in [-0.15, -0.1) is 0 Å². The van der Waals surface area contributed by atoms with Gasteiger partial charge in [-0.2, -0.15) is 0 Å². The van der Waals surface area contributed by atoms with E-state index < -0.39 is 48.4 Å². The lowest BCUT2D eigenvalue weighted by Gasteiger charge is -2.31. The first-order valence-corrected chi connectivity index (χ1v) is 15.3. The smallest absolute Gasteiger partial charge is 0.306 e. The van der Waals surface area contributed by atoms with Crippen molar-refractivity contribution in [3.05, 3.63) is 90.0 Å². The van der Waals surface area contributed by atoms with E-state index in [1.807, 2.05) is 54.6 Å². The lowest BCUT2D eigenvalue weighted by Crippen LogP contribution is -2.56. The molecule has 0 saturated carbocycles. The Kier molecular flexibility index (Phi) is 11.9. The minimum atomic E-state index is -1.64. The maximum atomic E-state index is 14.1. The number of rotatable bonds is 15. The fraction of sp³-hybridized carbons (Fsp3) is 0.400. The summed E-state index contributed by atoms with van der Waals surface area (Å²) in [6, 6.07) is 23.7. The van der Waals surface area contributed by atoms with Gasteiger partial charge in [-0.1, -0.05) is 54.6 Å². The largest absolute Gasteiger partial charge is 0.494 e. The molecular formula is C35H43N3O8. The second-order valence-electron chi connectivity index (χ2n) is 12.0. The van der Waals surface area contributed by atoms with Crippen molar-refractivity contribution in [2.75, 3.05) is 26.4 Å². The number of ether oxygens (including phenoxy) is 3. The van der Waals surface area contributed by atoms with E-state index in [0.717, 1.165) is 11.1 Å². The molecule has 246 valence electrons. The molecule has 0 bridgehead atoms. The molecule has 5 N–H and O–H groups in total. The van der Waals surface area contributed by atoms with E-state index in [4.69, 9.17) is 24.3 Å². The Balaban J connectivity index is 1.74. The molecular weight excluding hydrogens is 590 g/mol. The van der Waals surface area contributed by atoms with E-state index in [2.05, 4.69) is 10.9 Å². The molecule has 1 aliphatic heterocycles. The van der Waals surface area contributed by atoms with Gasteiger partial charge in [0.2, 0.25) is 5.90 Å². The summed E-state index contributed by atoms with van der Waals surface area (Å²) in [5.41, 5.74) is 6.13. The molecule has 11 nitrogen and oxygen atoms in total. The number of benzene rings is 3. The zero-order valence-electron chi connectivity index (χ0n) is 26.4. The molecule has 2 atom stereocenters. The van der Waals surface area contributed by atoms with Crippen molar-refractivity contribution in [3.8, 4) is 16.9 Å². The fourth-order valence-electron chi connectivity index (χ4n) is 4.96. The SMILES string of the molecule is CC(C)(C)OC(=O)CC[C@]1(C(=O)NNC(CO)CO)N=C(c2ccc(OCCCO)cc2)O[C@H]1c1ccc(-c2ccccc2)cc1. The summed E-state index contributed by atoms with van der Waals surface area (Å²) >= 11 is 0. The normalized spacial score (nSPS) is 17.7. The van der Waals surface area contributed by atoms with Crippen molar-refractivity contribution >= 4 is 17.8 Å². The van der Waals surface area contributed by atoms with Crippen LogP contribution in [0.5, 0.6) is 5.75 Å². The number of esters is 1. The molecule has 3 aromatic carbocycles. The van der Waals surface area contributed by atoms with E-state index in [1.165, 1.54) is 0 Å². The number of carbonyl (C=O) groups is 2. The van der Waals surface area contributed by atoms with E-state index >= 15 is 0 Å². The lowest BCUT2D eigenvalue weighted by atomic mass is 9.83. The van der Waals surface area contributed by atoms with Crippen LogP contribution in [-0.2, 0) is 19.1 Å². The molecule has 4 rings (SSSR count). The third-order valence-electron chi connectivity index (χ3n) is 7.31. The first-order chi connectivity index (χ1) is 22.1. The first kappa shape index (κ1) is 34.6. The van der Waals surface area contributed by atoms with Crippen molar-refractivity contribution in [1.29, 1.82) is 0 Å². The summed E-state index contributed by atoms with van der Waals surface area (Å²) in [5.74, 6) is -0.318. The summed E-state index contributed by atoms with van der Waals surface area (Å²) in [6.07, 6.45) is -0.641. The van der Waals surface area contributed by atoms with Gasteiger partial charge in [0.1, 0.15) is 11.4 Å². The van der Waals surface area contributed by atoms with Crippen LogP contribution in [0.1, 0.15) is 57.3 Å². The highest BCUT2D eigenvalue weighted by Crippen LogP contribution is 2.43. The molecule has 0 aliphatic carbocycles. The highest BCUT2D eigenvalue weighted by atomic mass is 16.6. The maximum absolute atomic E-state index is 14.1. The minimum absolute atomic E-state index is 0.0239. The quantitative estimate of drug-likeness (QED) is 0.0960. The topological polar surface area (TPSA) is 159 Å². The molecule has 1 amide bonds. The zero-order chi connectivity index (χ0) is 33.2. The van der Waals surface area contributed by atoms with Gasteiger partial charge in [-0.25, -0.2) is 10.4 Å². The Morgan fingerprint density at radius 1 is 0.913 bits per heavy atom. The number of hydrazine groups is 1. The molecule has 0 spiro atoms. The van der Waals surface area contributed by atoms with Crippen LogP contribution < -0.4 is 15.6 Å². The third kappa shape index (κ3) is 8.91. The minimum Gasteiger partial charge on any atom is -0.494 e. The molecule has 0 aromatic heterocycles. The van der Waals surface area contributed by atoms with Crippen LogP contribution >= 0.6 is 0 Å². The fourth-order valence-corrected chi connectivity index (χ4v) is 4.96. The molecule has 0 saturated heterocycles. The van der Waals surface area contributed by atoms with Gasteiger partial charge >= 0.3 is 5.97 Å². The number of nitrogens with zero attached hydrogens (tertiary/aromatic N) is 1. The van der Waals surface area contributed by atoms with E-state index in [1.54, 1.807) is 45.0 Å². The summed E-state index contributed by atoms with van der Waals surface area (Å²) in [4.78, 5) is 31.9. The van der Waals surface area contributed by atoms with E-state index in [-0.39, 0.29) is 25.3 Å². The van der Waals surface area contributed by atoms with Crippen LogP contribution in [0.25, 0.3) is 11.1 Å². The lowest BCUT2D eigenvalue weighted by molar-refractivity contribution is -0.155. The van der Waals surface area contributed by atoms with Gasteiger partial charge in [0.25, 0.3) is 5.91 Å². The number of aliphatic hydroxyl groups excluding tert-OH is 3. The highest BCUT2D eigenvalue weighted by molar-refractivity contribution is 6.01. The number of hydrogen-bond donors (Lipinski definition) is 5. The molecule has 0 fully saturated rings. The number of hydrogen-bond acceptors (Lipinski definition) is 10. The Morgan fingerprint density at radius 3 is 2.15 bits per heavy atom. The van der Waals surface area contributed by atoms with Crippen LogP contribution in [0, 0.1) is 0 Å². The standard InChI is InChI=1S/C35H43N3O8/c1-34(2,3)46-30(42)18-19-35(33(43)38-37-28(22-40)23-41)31(26-12-10-25(11-13-26)24-8-5-4-6-9-24)45-32(36-35)27-14-16-29(17-15-27)44-21-7-20-39/h4-6,8-17,28,31,37,39-41H,7,18-23H2,1-3H3,(H,38,43)/t31-,35-/m0/s1. The third-order valence-corrected chi connectivity index (χ3v) is 7.31. The van der Waals surface area contributed by atoms with Crippen molar-refractivity contribution < 1.29 is 39.1 Å². The van der Waals surface area contributed by atoms with Gasteiger partial charge in [0, 0.05) is 25.0 Å². The number of aliphatic hydroxyl groups is 3. The Morgan fingerprint density at radius 2 is 1.54 bits per heavy atom. The molecule has 1 heterocycles. The Hall–Kier alpha value is -4.29. The zero-order valence-corrected chi connectivity index (χ0v) is 26.4. The predicted octanol–water partition coefficient (Wildman–Crippen LogP) is 3.47. The molecule has 46 heavy (non-hydrogen) atoms. The molecule has 0 radical (unpaired) electrons. The van der Waals surface area contributed by atoms with Crippen LogP contribution in [-0.4, -0.2) is 76.7 Å². The van der Waals surface area contributed by atoms with Crippen molar-refractivity contribution in [2.24, 2.45) is 4.99 Å². The Bertz CT molecular complexity index is 1450. The number of aliphatic imine (C=N–C) groups is 1. The number of amides is 1. The molecule has 3 aromatic rings. The molecule has 0 unspecified atom stereocenters. The first-order valence-electron chi connectivity index (χ1n) is 15.3. The van der Waals surface area contributed by atoms with Crippen molar-refractivity contribution in [1.82, 2.24) is 10.9 Å². The summed E-state index contributed by atoms with van der Waals surface area (Å²) in [7, 11) is 0. The van der Waals surface area contributed by atoms with E-state index in [0.29, 0.717) is 29.9 Å². The summed E-state index contributed by atoms with van der Waals surface area (Å²) in [5, 5.41) is 28.2. The average Bonchev–Trinajstić information content (AvgIpc) is 3.45. The second kappa shape index (κ2) is 15.8. The van der Waals surface area contributed by atoms with E-state index in [9.17, 15) is 19.8 Å². The van der Waals surface area contributed by atoms with Crippen LogP contribution in [0.2, 0.25) is 0 Å². The monoisotopic (exact) mass is 633 g/mol. The van der Waals surface area contributed by atoms with Gasteiger partial charge in [-0.05, 0) is 68.1 Å². The van der Waals surface area contributed by atoms with Crippen molar-refractivity contribution in [3.63, 3.8) is 0 Å². The highest BCUT2D eigenvalue weighted by Gasteiger charge is 2.53. The molecule has 11 heteroatoms. The summed E-state index contributed by atoms with van der Waals surface area (Å²) in [6.45, 7) is 4.83. The van der Waals surface area contributed by atoms with Crippen LogP contribution in [0.3, 0.4) is 0 Å². The van der Waals surface area contributed by atoms with Crippen molar-refractivity contribution in [2.45, 2.75) is 63.3 Å². The average molecular weight is 634 g/mol. The van der Waals surface area contributed by atoms with Gasteiger partial charge < -0.3 is 29.5 Å². The van der Waals surface area contributed by atoms with Gasteiger partial charge in [0.15, 0.2) is 11.6 Å². The van der Waals surface area contributed by atoms with Crippen LogP contribution in [0.15, 0.2) is 83.9 Å². The van der Waals surface area contributed by atoms with Crippen LogP contribution in [0.4, 0.5) is 0 Å².